The van der Waals surface area contributed by atoms with E-state index in [0.29, 0.717) is 22.6 Å². The molecule has 0 bridgehead atoms. The van der Waals surface area contributed by atoms with Gasteiger partial charge in [0.15, 0.2) is 0 Å². The Kier molecular flexibility index (Phi) is 12.0. The fraction of sp³-hybridized carbons (Fsp3) is 0. The van der Waals surface area contributed by atoms with E-state index in [4.69, 9.17) is 14.7 Å². The van der Waals surface area contributed by atoms with Gasteiger partial charge in [-0.1, -0.05) is 91.0 Å². The molecule has 4 aliphatic rings. The summed E-state index contributed by atoms with van der Waals surface area (Å²) >= 11 is 1.47. The Morgan fingerprint density at radius 3 is 1.44 bits per heavy atom. The van der Waals surface area contributed by atoms with Crippen LogP contribution in [0.4, 0.5) is 0 Å². The van der Waals surface area contributed by atoms with E-state index in [1.54, 1.807) is 48.5 Å². The van der Waals surface area contributed by atoms with Crippen LogP contribution in [0.1, 0.15) is 20.7 Å². The van der Waals surface area contributed by atoms with Crippen LogP contribution >= 0.6 is 11.3 Å². The van der Waals surface area contributed by atoms with Crippen molar-refractivity contribution in [2.45, 2.75) is 19.6 Å². The number of carbonyl (C=O) groups is 2. The van der Waals surface area contributed by atoms with Crippen LogP contribution in [0, 0.1) is 0 Å². The molecule has 0 aromatic heterocycles. The standard InChI is InChI=1S/C21H16N2O6S2.C21H16N2O5S3/c2*22-30(25,26)19-10-3-4-11-20(19)31(27,28)23-21(24)16-8-2-1-7-15(16)18-13-12-14-6-5-9-17(14)29-18/h2*1-13H,(H,23,24)(H2,22,25,26). The molecule has 0 atom stereocenters. The normalized spacial score (nSPS) is 12.0. The van der Waals surface area contributed by atoms with Crippen molar-refractivity contribution in [3.8, 4) is 43.5 Å². The molecule has 4 aromatic carbocycles. The first-order valence-corrected chi connectivity index (χ1v) is 24.7. The summed E-state index contributed by atoms with van der Waals surface area (Å²) in [7, 11) is -17.7. The highest BCUT2D eigenvalue weighted by Crippen LogP contribution is 2.37. The fourth-order valence-corrected chi connectivity index (χ4v) is 12.1. The van der Waals surface area contributed by atoms with Crippen LogP contribution in [-0.4, -0.2) is 45.5 Å². The first-order valence-electron chi connectivity index (χ1n) is 17.9. The van der Waals surface area contributed by atoms with Crippen molar-refractivity contribution in [2.75, 3.05) is 0 Å². The number of primary sulfonamides is 2. The Bertz CT molecular complexity index is 3170. The highest BCUT2D eigenvalue weighted by atomic mass is 32.2. The van der Waals surface area contributed by atoms with Crippen LogP contribution in [-0.2, 0) is 40.1 Å². The lowest BCUT2D eigenvalue weighted by Gasteiger charge is -2.13. The van der Waals surface area contributed by atoms with Gasteiger partial charge in [0.2, 0.25) is 20.0 Å². The number of carbonyl (C=O) groups excluding carboxylic acids is 2. The molecule has 15 nitrogen and oxygen atoms in total. The summed E-state index contributed by atoms with van der Waals surface area (Å²) < 4.78 is 108. The molecule has 0 saturated heterocycles. The molecule has 6 N–H and O–H groups in total. The Hall–Kier alpha value is -6.52. The molecule has 0 fully saturated rings. The van der Waals surface area contributed by atoms with Crippen LogP contribution in [0.15, 0.2) is 182 Å². The van der Waals surface area contributed by atoms with Gasteiger partial charge in [0, 0.05) is 32.0 Å². The molecule has 2 amide bonds. The predicted molar refractivity (Wildman–Crippen MR) is 232 cm³/mol. The molecule has 2 aliphatic heterocycles. The summed E-state index contributed by atoms with van der Waals surface area (Å²) in [4.78, 5) is 25.2. The molecule has 62 heavy (non-hydrogen) atoms. The van der Waals surface area contributed by atoms with Crippen LogP contribution in [0.25, 0.3) is 43.5 Å². The third-order valence-electron chi connectivity index (χ3n) is 9.10. The van der Waals surface area contributed by atoms with Crippen molar-refractivity contribution >= 4 is 63.2 Å². The van der Waals surface area contributed by atoms with E-state index in [1.165, 1.54) is 47.7 Å². The van der Waals surface area contributed by atoms with Crippen molar-refractivity contribution in [1.29, 1.82) is 0 Å². The summed E-state index contributed by atoms with van der Waals surface area (Å²) in [6, 6.07) is 41.1. The summed E-state index contributed by atoms with van der Waals surface area (Å²) in [5, 5.41) is 10.2. The SMILES string of the molecule is NS(=O)(=O)c1ccccc1S(=O)(=O)NC(=O)c1ccccc1-c1ccc2cccc-2o1.NS(=O)(=O)c1ccccc1S(=O)(=O)NC(=O)c1ccccc1-c1ccc2cccc-2s1. The molecule has 2 aliphatic carbocycles. The third-order valence-corrected chi connectivity index (χ3v) is 15.2. The van der Waals surface area contributed by atoms with E-state index in [-0.39, 0.29) is 11.1 Å². The maximum atomic E-state index is 12.9. The highest BCUT2D eigenvalue weighted by Gasteiger charge is 2.29. The van der Waals surface area contributed by atoms with Crippen molar-refractivity contribution < 1.29 is 47.7 Å². The highest BCUT2D eigenvalue weighted by molar-refractivity contribution is 7.93. The van der Waals surface area contributed by atoms with Gasteiger partial charge >= 0.3 is 0 Å². The number of amides is 2. The zero-order valence-electron chi connectivity index (χ0n) is 31.7. The second-order valence-corrected chi connectivity index (χ2v) is 20.7. The zero-order chi connectivity index (χ0) is 44.5. The van der Waals surface area contributed by atoms with Gasteiger partial charge in [0.25, 0.3) is 31.9 Å². The number of sulfonamides is 4. The molecule has 0 saturated carbocycles. The molecule has 316 valence electrons. The number of nitrogens with two attached hydrogens (primary N) is 2. The number of hydrogen-bond acceptors (Lipinski definition) is 12. The molecular weight excluding hydrogens is 897 g/mol. The van der Waals surface area contributed by atoms with E-state index in [0.717, 1.165) is 45.1 Å². The van der Waals surface area contributed by atoms with Gasteiger partial charge in [-0.25, -0.2) is 53.4 Å². The molecule has 0 unspecified atom stereocenters. The maximum Gasteiger partial charge on any atom is 0.265 e. The van der Waals surface area contributed by atoms with Gasteiger partial charge in [-0.2, -0.15) is 0 Å². The zero-order valence-corrected chi connectivity index (χ0v) is 35.8. The van der Waals surface area contributed by atoms with Gasteiger partial charge in [-0.05, 0) is 72.3 Å². The number of hydrogen-bond donors (Lipinski definition) is 4. The minimum Gasteiger partial charge on any atom is -0.456 e. The van der Waals surface area contributed by atoms with Gasteiger partial charge in [-0.3, -0.25) is 9.59 Å². The molecule has 2 heterocycles. The smallest absolute Gasteiger partial charge is 0.265 e. The topological polar surface area (TPSA) is 260 Å². The van der Waals surface area contributed by atoms with Crippen LogP contribution in [0.5, 0.6) is 0 Å². The van der Waals surface area contributed by atoms with Crippen LogP contribution < -0.4 is 19.7 Å². The first kappa shape index (κ1) is 43.6. The van der Waals surface area contributed by atoms with Gasteiger partial charge in [-0.15, -0.1) is 11.3 Å². The Morgan fingerprint density at radius 2 is 0.871 bits per heavy atom. The summed E-state index contributed by atoms with van der Waals surface area (Å²) in [6.07, 6.45) is 0. The summed E-state index contributed by atoms with van der Waals surface area (Å²) in [5.41, 5.74) is 3.06. The average Bonchev–Trinajstić information content (AvgIpc) is 3.92. The second kappa shape index (κ2) is 17.1. The fourth-order valence-electron chi connectivity index (χ4n) is 6.29. The first-order chi connectivity index (χ1) is 29.3. The van der Waals surface area contributed by atoms with E-state index in [1.807, 2.05) is 58.0 Å². The van der Waals surface area contributed by atoms with Crippen LogP contribution in [0.2, 0.25) is 0 Å². The Balaban J connectivity index is 0.000000186. The Labute approximate surface area is 360 Å². The quantitative estimate of drug-likeness (QED) is 0.122. The molecule has 8 rings (SSSR count). The lowest BCUT2D eigenvalue weighted by Crippen LogP contribution is -2.32. The predicted octanol–water partition coefficient (Wildman–Crippen LogP) is 6.10. The largest absolute Gasteiger partial charge is 0.456 e. The molecule has 0 radical (unpaired) electrons. The lowest BCUT2D eigenvalue weighted by molar-refractivity contribution is 0.0973. The average molecular weight is 929 g/mol. The maximum absolute atomic E-state index is 12.9. The van der Waals surface area contributed by atoms with Crippen molar-refractivity contribution in [3.63, 3.8) is 0 Å². The molecule has 20 heteroatoms. The minimum atomic E-state index is -4.54. The molecular formula is C42H32N4O11S5. The van der Waals surface area contributed by atoms with E-state index < -0.39 is 71.5 Å². The molecule has 4 aromatic rings. The number of fused-ring (bicyclic) bond motifs is 2. The number of rotatable bonds is 10. The third kappa shape index (κ3) is 9.35. The summed E-state index contributed by atoms with van der Waals surface area (Å²) in [5.74, 6) is -0.846. The minimum absolute atomic E-state index is 0.0359. The van der Waals surface area contributed by atoms with Crippen LogP contribution in [0.3, 0.4) is 0 Å². The molecule has 0 spiro atoms. The van der Waals surface area contributed by atoms with E-state index in [9.17, 15) is 43.3 Å². The van der Waals surface area contributed by atoms with Crippen molar-refractivity contribution in [2.24, 2.45) is 10.3 Å². The summed E-state index contributed by atoms with van der Waals surface area (Å²) in [6.45, 7) is 0. The monoisotopic (exact) mass is 928 g/mol. The van der Waals surface area contributed by atoms with Gasteiger partial charge in [0.05, 0.1) is 5.56 Å². The van der Waals surface area contributed by atoms with Crippen molar-refractivity contribution in [3.05, 3.63) is 169 Å². The number of nitrogens with one attached hydrogen (secondary N) is 2. The van der Waals surface area contributed by atoms with E-state index in [2.05, 4.69) is 0 Å². The van der Waals surface area contributed by atoms with Crippen molar-refractivity contribution in [1.82, 2.24) is 9.44 Å². The Morgan fingerprint density at radius 1 is 0.419 bits per heavy atom. The second-order valence-electron chi connectivity index (χ2n) is 13.2. The van der Waals surface area contributed by atoms with Gasteiger partial charge < -0.3 is 4.42 Å². The van der Waals surface area contributed by atoms with Gasteiger partial charge in [0.1, 0.15) is 31.1 Å². The van der Waals surface area contributed by atoms with E-state index >= 15 is 0 Å². The lowest BCUT2D eigenvalue weighted by atomic mass is 10.0. The number of benzene rings is 4.